The van der Waals surface area contributed by atoms with Crippen LogP contribution in [0.25, 0.3) is 0 Å². The van der Waals surface area contributed by atoms with Crippen molar-refractivity contribution < 1.29 is 19.1 Å². The van der Waals surface area contributed by atoms with Crippen molar-refractivity contribution in [2.75, 3.05) is 32.1 Å². The number of fused-ring (bicyclic) bond motifs is 1. The maximum absolute atomic E-state index is 11.9. The Morgan fingerprint density at radius 1 is 1.38 bits per heavy atom. The maximum atomic E-state index is 11.9. The lowest BCUT2D eigenvalue weighted by atomic mass is 9.95. The standard InChI is InChI=1S/C17H24N2O4.ClH/c1-4-10-18-17(21)23-14-7-5-6-13-16(14)12(11-19(13)2)8-9-15(20)22-3;/h5-7,12H,4,8-11H2,1-3H3,(H,18,21);1H. The van der Waals surface area contributed by atoms with E-state index in [1.165, 1.54) is 7.11 Å². The van der Waals surface area contributed by atoms with Gasteiger partial charge in [-0.15, -0.1) is 12.4 Å². The molecule has 0 aliphatic carbocycles. The molecular formula is C17H25ClN2O4. The summed E-state index contributed by atoms with van der Waals surface area (Å²) in [6.45, 7) is 3.36. The van der Waals surface area contributed by atoms with Gasteiger partial charge in [0.05, 0.1) is 7.11 Å². The van der Waals surface area contributed by atoms with E-state index in [1.807, 2.05) is 26.1 Å². The van der Waals surface area contributed by atoms with Gasteiger partial charge in [0.1, 0.15) is 5.75 Å². The molecule has 0 aromatic heterocycles. The van der Waals surface area contributed by atoms with Crippen LogP contribution in [-0.2, 0) is 9.53 Å². The zero-order valence-corrected chi connectivity index (χ0v) is 15.1. The van der Waals surface area contributed by atoms with Gasteiger partial charge in [-0.05, 0) is 25.0 Å². The monoisotopic (exact) mass is 356 g/mol. The smallest absolute Gasteiger partial charge is 0.412 e. The fraction of sp³-hybridized carbons (Fsp3) is 0.529. The van der Waals surface area contributed by atoms with Crippen molar-refractivity contribution in [2.45, 2.75) is 32.1 Å². The molecule has 0 fully saturated rings. The number of hydrogen-bond acceptors (Lipinski definition) is 5. The number of likely N-dealkylation sites (N-methyl/N-ethyl adjacent to an activating group) is 1. The van der Waals surface area contributed by atoms with Gasteiger partial charge in [0, 0.05) is 43.7 Å². The van der Waals surface area contributed by atoms with Gasteiger partial charge in [-0.3, -0.25) is 4.79 Å². The first-order valence-electron chi connectivity index (χ1n) is 7.93. The Morgan fingerprint density at radius 3 is 2.79 bits per heavy atom. The Labute approximate surface area is 148 Å². The first-order valence-corrected chi connectivity index (χ1v) is 7.93. The highest BCUT2D eigenvalue weighted by Crippen LogP contribution is 2.43. The molecule has 1 aromatic carbocycles. The van der Waals surface area contributed by atoms with Crippen LogP contribution in [0.3, 0.4) is 0 Å². The van der Waals surface area contributed by atoms with E-state index < -0.39 is 6.09 Å². The Morgan fingerprint density at radius 2 is 2.12 bits per heavy atom. The minimum Gasteiger partial charge on any atom is -0.469 e. The predicted molar refractivity (Wildman–Crippen MR) is 95.3 cm³/mol. The van der Waals surface area contributed by atoms with Crippen LogP contribution >= 0.6 is 12.4 Å². The highest BCUT2D eigenvalue weighted by molar-refractivity contribution is 5.85. The third-order valence-electron chi connectivity index (χ3n) is 4.00. The van der Waals surface area contributed by atoms with Crippen molar-refractivity contribution >= 4 is 30.2 Å². The van der Waals surface area contributed by atoms with Crippen molar-refractivity contribution in [3.8, 4) is 5.75 Å². The largest absolute Gasteiger partial charge is 0.469 e. The van der Waals surface area contributed by atoms with E-state index in [0.29, 0.717) is 25.1 Å². The topological polar surface area (TPSA) is 67.9 Å². The number of nitrogens with one attached hydrogen (secondary N) is 1. The number of halogens is 1. The molecule has 0 radical (unpaired) electrons. The summed E-state index contributed by atoms with van der Waals surface area (Å²) < 4.78 is 10.2. The number of rotatable bonds is 6. The van der Waals surface area contributed by atoms with Crippen molar-refractivity contribution in [2.24, 2.45) is 0 Å². The summed E-state index contributed by atoms with van der Waals surface area (Å²) in [5, 5.41) is 2.71. The molecule has 6 nitrogen and oxygen atoms in total. The van der Waals surface area contributed by atoms with E-state index >= 15 is 0 Å². The second-order valence-corrected chi connectivity index (χ2v) is 5.70. The molecule has 1 aliphatic heterocycles. The fourth-order valence-electron chi connectivity index (χ4n) is 2.88. The highest BCUT2D eigenvalue weighted by Gasteiger charge is 2.30. The van der Waals surface area contributed by atoms with Crippen LogP contribution in [0.1, 0.15) is 37.7 Å². The SMILES string of the molecule is CCCNC(=O)Oc1cccc2c1C(CCC(=O)OC)CN2C.Cl. The number of anilines is 1. The molecule has 0 spiro atoms. The minimum atomic E-state index is -0.443. The number of hydrogen-bond donors (Lipinski definition) is 1. The second kappa shape index (κ2) is 9.37. The molecule has 1 N–H and O–H groups in total. The third kappa shape index (κ3) is 4.77. The van der Waals surface area contributed by atoms with Crippen LogP contribution in [-0.4, -0.2) is 39.3 Å². The number of methoxy groups -OCH3 is 1. The van der Waals surface area contributed by atoms with E-state index in [4.69, 9.17) is 9.47 Å². The average molecular weight is 357 g/mol. The summed E-state index contributed by atoms with van der Waals surface area (Å²) in [4.78, 5) is 25.4. The Kier molecular flexibility index (Phi) is 7.85. The molecule has 1 aliphatic rings. The van der Waals surface area contributed by atoms with Crippen LogP contribution in [0.4, 0.5) is 10.5 Å². The number of nitrogens with zero attached hydrogens (tertiary/aromatic N) is 1. The van der Waals surface area contributed by atoms with Gasteiger partial charge in [-0.2, -0.15) is 0 Å². The lowest BCUT2D eigenvalue weighted by Crippen LogP contribution is -2.27. The van der Waals surface area contributed by atoms with Gasteiger partial charge in [0.25, 0.3) is 0 Å². The van der Waals surface area contributed by atoms with Crippen LogP contribution in [0.15, 0.2) is 18.2 Å². The number of amides is 1. The van der Waals surface area contributed by atoms with Gasteiger partial charge in [0.2, 0.25) is 0 Å². The average Bonchev–Trinajstić information content (AvgIpc) is 2.88. The Bertz CT molecular complexity index is 580. The lowest BCUT2D eigenvalue weighted by Gasteiger charge is -2.14. The summed E-state index contributed by atoms with van der Waals surface area (Å²) in [6, 6.07) is 5.68. The van der Waals surface area contributed by atoms with Gasteiger partial charge in [-0.25, -0.2) is 4.79 Å². The molecule has 1 amide bonds. The molecule has 0 saturated carbocycles. The van der Waals surface area contributed by atoms with Crippen LogP contribution in [0.2, 0.25) is 0 Å². The van der Waals surface area contributed by atoms with E-state index in [2.05, 4.69) is 10.2 Å². The zero-order valence-electron chi connectivity index (χ0n) is 14.3. The molecule has 1 unspecified atom stereocenters. The maximum Gasteiger partial charge on any atom is 0.412 e. The van der Waals surface area contributed by atoms with Gasteiger partial charge in [0.15, 0.2) is 0 Å². The molecule has 1 heterocycles. The molecule has 7 heteroatoms. The van der Waals surface area contributed by atoms with Crippen LogP contribution in [0, 0.1) is 0 Å². The molecule has 2 rings (SSSR count). The van der Waals surface area contributed by atoms with Gasteiger partial charge < -0.3 is 19.7 Å². The van der Waals surface area contributed by atoms with E-state index in [1.54, 1.807) is 6.07 Å². The minimum absolute atomic E-state index is 0. The number of carbonyl (C=O) groups is 2. The molecule has 1 aromatic rings. The van der Waals surface area contributed by atoms with E-state index in [9.17, 15) is 9.59 Å². The molecule has 0 bridgehead atoms. The number of benzene rings is 1. The van der Waals surface area contributed by atoms with Gasteiger partial charge in [-0.1, -0.05) is 13.0 Å². The second-order valence-electron chi connectivity index (χ2n) is 5.70. The summed E-state index contributed by atoms with van der Waals surface area (Å²) in [6.07, 6.45) is 1.43. The third-order valence-corrected chi connectivity index (χ3v) is 4.00. The molecule has 24 heavy (non-hydrogen) atoms. The fourth-order valence-corrected chi connectivity index (χ4v) is 2.88. The first-order chi connectivity index (χ1) is 11.1. The summed E-state index contributed by atoms with van der Waals surface area (Å²) in [5.41, 5.74) is 2.03. The molecule has 1 atom stereocenters. The normalized spacial score (nSPS) is 15.3. The summed E-state index contributed by atoms with van der Waals surface area (Å²) in [5.74, 6) is 0.486. The lowest BCUT2D eigenvalue weighted by molar-refractivity contribution is -0.140. The van der Waals surface area contributed by atoms with E-state index in [-0.39, 0.29) is 24.3 Å². The first kappa shape index (κ1) is 20.1. The number of carbonyl (C=O) groups excluding carboxylic acids is 2. The van der Waals surface area contributed by atoms with Crippen molar-refractivity contribution in [1.82, 2.24) is 5.32 Å². The van der Waals surface area contributed by atoms with Crippen molar-refractivity contribution in [3.05, 3.63) is 23.8 Å². The van der Waals surface area contributed by atoms with Crippen LogP contribution < -0.4 is 15.0 Å². The molecular weight excluding hydrogens is 332 g/mol. The highest BCUT2D eigenvalue weighted by atomic mass is 35.5. The number of ether oxygens (including phenoxy) is 2. The summed E-state index contributed by atoms with van der Waals surface area (Å²) in [7, 11) is 3.39. The zero-order chi connectivity index (χ0) is 16.8. The predicted octanol–water partition coefficient (Wildman–Crippen LogP) is 3.09. The summed E-state index contributed by atoms with van der Waals surface area (Å²) >= 11 is 0. The Hall–Kier alpha value is -1.95. The van der Waals surface area contributed by atoms with Crippen molar-refractivity contribution in [1.29, 1.82) is 0 Å². The van der Waals surface area contributed by atoms with Crippen molar-refractivity contribution in [3.63, 3.8) is 0 Å². The van der Waals surface area contributed by atoms with Gasteiger partial charge >= 0.3 is 12.1 Å². The van der Waals surface area contributed by atoms with E-state index in [0.717, 1.165) is 24.2 Å². The Balaban J connectivity index is 0.00000288. The molecule has 0 saturated heterocycles. The quantitative estimate of drug-likeness (QED) is 0.793. The number of esters is 1. The molecule has 134 valence electrons. The van der Waals surface area contributed by atoms with Crippen LogP contribution in [0.5, 0.6) is 5.75 Å².